The number of carbonyl (C=O) groups is 1. The second kappa shape index (κ2) is 4.58. The fourth-order valence-corrected chi connectivity index (χ4v) is 2.31. The number of rotatable bonds is 3. The van der Waals surface area contributed by atoms with Crippen molar-refractivity contribution in [3.63, 3.8) is 0 Å². The van der Waals surface area contributed by atoms with Crippen molar-refractivity contribution in [2.45, 2.75) is 58.3 Å². The molecule has 1 heterocycles. The van der Waals surface area contributed by atoms with Gasteiger partial charge in [0.25, 0.3) is 0 Å². The third kappa shape index (κ3) is 2.85. The minimum Gasteiger partial charge on any atom is -0.460 e. The molecule has 3 nitrogen and oxygen atoms in total. The number of carbonyl (C=O) groups excluding carboxylic acids is 1. The number of hydrogen-bond acceptors (Lipinski definition) is 3. The Hall–Kier alpha value is -0.830. The largest absolute Gasteiger partial charge is 0.460 e. The van der Waals surface area contributed by atoms with Crippen LogP contribution in [0.2, 0.25) is 0 Å². The minimum atomic E-state index is -0.186. The van der Waals surface area contributed by atoms with E-state index in [-0.39, 0.29) is 12.1 Å². The minimum absolute atomic E-state index is 0.0432. The molecule has 1 aliphatic heterocycles. The van der Waals surface area contributed by atoms with Gasteiger partial charge in [-0.15, -0.1) is 0 Å². The molecule has 0 spiro atoms. The van der Waals surface area contributed by atoms with Gasteiger partial charge < -0.3 is 9.47 Å². The fraction of sp³-hybridized carbons (Fsp3) is 0.769. The van der Waals surface area contributed by atoms with Gasteiger partial charge in [-0.1, -0.05) is 6.08 Å². The molecule has 1 saturated heterocycles. The molecule has 0 aromatic heterocycles. The summed E-state index contributed by atoms with van der Waals surface area (Å²) in [6, 6.07) is 0. The molecule has 2 rings (SSSR count). The van der Waals surface area contributed by atoms with Gasteiger partial charge in [-0.05, 0) is 46.0 Å². The predicted molar refractivity (Wildman–Crippen MR) is 61.0 cm³/mol. The lowest BCUT2D eigenvalue weighted by Gasteiger charge is -2.16. The molecule has 0 bridgehead atoms. The summed E-state index contributed by atoms with van der Waals surface area (Å²) in [5.74, 6) is 0.303. The molecule has 0 N–H and O–H groups in total. The average Bonchev–Trinajstić information content (AvgIpc) is 2.94. The first-order chi connectivity index (χ1) is 7.56. The van der Waals surface area contributed by atoms with E-state index in [4.69, 9.17) is 9.47 Å². The van der Waals surface area contributed by atoms with E-state index in [0.29, 0.717) is 18.1 Å². The summed E-state index contributed by atoms with van der Waals surface area (Å²) in [6.45, 7) is 5.58. The first kappa shape index (κ1) is 11.6. The van der Waals surface area contributed by atoms with E-state index in [0.717, 1.165) is 24.8 Å². The van der Waals surface area contributed by atoms with Crippen molar-refractivity contribution in [1.82, 2.24) is 0 Å². The molecule has 2 aliphatic rings. The van der Waals surface area contributed by atoms with Crippen molar-refractivity contribution in [3.05, 3.63) is 11.6 Å². The third-order valence-corrected chi connectivity index (χ3v) is 3.20. The van der Waals surface area contributed by atoms with E-state index in [9.17, 15) is 4.79 Å². The average molecular weight is 224 g/mol. The summed E-state index contributed by atoms with van der Waals surface area (Å²) in [5.41, 5.74) is 0.734. The molecule has 0 aromatic carbocycles. The van der Waals surface area contributed by atoms with E-state index >= 15 is 0 Å². The monoisotopic (exact) mass is 224 g/mol. The zero-order valence-electron chi connectivity index (χ0n) is 10.2. The molecule has 3 heteroatoms. The summed E-state index contributed by atoms with van der Waals surface area (Å²) in [4.78, 5) is 11.6. The van der Waals surface area contributed by atoms with Crippen LogP contribution in [-0.4, -0.2) is 24.3 Å². The van der Waals surface area contributed by atoms with Crippen LogP contribution in [0.25, 0.3) is 0 Å². The van der Waals surface area contributed by atoms with Crippen LogP contribution in [0.5, 0.6) is 0 Å². The van der Waals surface area contributed by atoms with Gasteiger partial charge >= 0.3 is 5.97 Å². The predicted octanol–water partition coefficient (Wildman–Crippen LogP) is 2.45. The van der Waals surface area contributed by atoms with E-state index in [1.54, 1.807) is 0 Å². The van der Waals surface area contributed by atoms with E-state index in [2.05, 4.69) is 6.08 Å². The normalized spacial score (nSPS) is 33.5. The number of ether oxygens (including phenoxy) is 2. The fourth-order valence-electron chi connectivity index (χ4n) is 2.31. The number of fused-ring (bicyclic) bond motifs is 1. The number of hydrogen-bond donors (Lipinski definition) is 0. The molecule has 2 fully saturated rings. The van der Waals surface area contributed by atoms with Crippen molar-refractivity contribution >= 4 is 5.97 Å². The summed E-state index contributed by atoms with van der Waals surface area (Å²) in [7, 11) is 0. The molecule has 3 unspecified atom stereocenters. The number of esters is 1. The maximum absolute atomic E-state index is 11.6. The molecule has 16 heavy (non-hydrogen) atoms. The topological polar surface area (TPSA) is 38.8 Å². The van der Waals surface area contributed by atoms with Crippen LogP contribution in [0.15, 0.2) is 11.6 Å². The Labute approximate surface area is 96.8 Å². The zero-order valence-corrected chi connectivity index (χ0v) is 10.2. The molecule has 1 saturated carbocycles. The van der Waals surface area contributed by atoms with Crippen molar-refractivity contribution < 1.29 is 14.3 Å². The highest BCUT2D eigenvalue weighted by Gasteiger charge is 2.43. The molecule has 1 aliphatic carbocycles. The van der Waals surface area contributed by atoms with Crippen LogP contribution in [0.4, 0.5) is 0 Å². The summed E-state index contributed by atoms with van der Waals surface area (Å²) in [6.07, 6.45) is 6.33. The molecule has 90 valence electrons. The Balaban J connectivity index is 1.87. The van der Waals surface area contributed by atoms with Crippen LogP contribution in [0.1, 0.15) is 40.0 Å². The van der Waals surface area contributed by atoms with Gasteiger partial charge in [-0.3, -0.25) is 0 Å². The van der Waals surface area contributed by atoms with Crippen molar-refractivity contribution in [3.8, 4) is 0 Å². The number of epoxide rings is 1. The molecular formula is C13H20O3. The Morgan fingerprint density at radius 1 is 1.38 bits per heavy atom. The van der Waals surface area contributed by atoms with Crippen LogP contribution in [0.3, 0.4) is 0 Å². The first-order valence-corrected chi connectivity index (χ1v) is 6.11. The maximum atomic E-state index is 11.6. The first-order valence-electron chi connectivity index (χ1n) is 6.11. The highest BCUT2D eigenvalue weighted by molar-refractivity contribution is 5.87. The van der Waals surface area contributed by atoms with Crippen LogP contribution in [-0.2, 0) is 14.3 Å². The number of allylic oxidation sites excluding steroid dienone is 1. The van der Waals surface area contributed by atoms with Crippen molar-refractivity contribution in [2.24, 2.45) is 5.92 Å². The molecule has 0 radical (unpaired) electrons. The van der Waals surface area contributed by atoms with Crippen LogP contribution >= 0.6 is 0 Å². The van der Waals surface area contributed by atoms with Crippen molar-refractivity contribution in [1.29, 1.82) is 0 Å². The van der Waals surface area contributed by atoms with E-state index in [1.807, 2.05) is 20.8 Å². The van der Waals surface area contributed by atoms with E-state index < -0.39 is 0 Å². The molecule has 0 aromatic rings. The molecule has 3 atom stereocenters. The lowest BCUT2D eigenvalue weighted by atomic mass is 9.88. The second-order valence-corrected chi connectivity index (χ2v) is 5.09. The van der Waals surface area contributed by atoms with Gasteiger partial charge in [0.1, 0.15) is 0 Å². The van der Waals surface area contributed by atoms with Crippen LogP contribution < -0.4 is 0 Å². The quantitative estimate of drug-likeness (QED) is 0.420. The third-order valence-electron chi connectivity index (χ3n) is 3.20. The summed E-state index contributed by atoms with van der Waals surface area (Å²) >= 11 is 0. The molecular weight excluding hydrogens is 204 g/mol. The highest BCUT2D eigenvalue weighted by atomic mass is 16.6. The highest BCUT2D eigenvalue weighted by Crippen LogP contribution is 2.40. The van der Waals surface area contributed by atoms with Gasteiger partial charge in [0.05, 0.1) is 18.3 Å². The summed E-state index contributed by atoms with van der Waals surface area (Å²) < 4.78 is 10.6. The lowest BCUT2D eigenvalue weighted by Crippen LogP contribution is -2.15. The Morgan fingerprint density at radius 3 is 2.75 bits per heavy atom. The zero-order chi connectivity index (χ0) is 11.7. The Kier molecular flexibility index (Phi) is 3.33. The van der Waals surface area contributed by atoms with Gasteiger partial charge in [0.15, 0.2) is 0 Å². The van der Waals surface area contributed by atoms with Crippen molar-refractivity contribution in [2.75, 3.05) is 0 Å². The van der Waals surface area contributed by atoms with E-state index in [1.165, 1.54) is 0 Å². The summed E-state index contributed by atoms with van der Waals surface area (Å²) in [5, 5.41) is 0. The standard InChI is InChI=1S/C13H20O3/c1-8(2)15-13(14)9(3)6-10-4-5-11-12(7-10)16-11/h6,8,10-12H,4-5,7H2,1-3H3. The van der Waals surface area contributed by atoms with Crippen LogP contribution in [0, 0.1) is 5.92 Å². The van der Waals surface area contributed by atoms with Gasteiger partial charge in [-0.25, -0.2) is 4.79 Å². The smallest absolute Gasteiger partial charge is 0.333 e. The Bertz CT molecular complexity index is 306. The lowest BCUT2D eigenvalue weighted by molar-refractivity contribution is -0.142. The Morgan fingerprint density at radius 2 is 2.12 bits per heavy atom. The second-order valence-electron chi connectivity index (χ2n) is 5.09. The maximum Gasteiger partial charge on any atom is 0.333 e. The van der Waals surface area contributed by atoms with Gasteiger partial charge in [0, 0.05) is 5.57 Å². The van der Waals surface area contributed by atoms with Gasteiger partial charge in [-0.2, -0.15) is 0 Å². The van der Waals surface area contributed by atoms with Gasteiger partial charge in [0.2, 0.25) is 0 Å². The molecule has 0 amide bonds. The SMILES string of the molecule is CC(=CC1CCC2OC2C1)C(=O)OC(C)C.